The Balaban J connectivity index is 2.68. The molecule has 0 aliphatic rings. The van der Waals surface area contributed by atoms with Crippen LogP contribution in [0, 0.1) is 11.8 Å². The third-order valence-electron chi connectivity index (χ3n) is 3.27. The van der Waals surface area contributed by atoms with Crippen LogP contribution in [0.4, 0.5) is 0 Å². The lowest BCUT2D eigenvalue weighted by atomic mass is 9.95. The van der Waals surface area contributed by atoms with Crippen molar-refractivity contribution in [2.45, 2.75) is 39.7 Å². The van der Waals surface area contributed by atoms with E-state index in [4.69, 9.17) is 16.7 Å². The summed E-state index contributed by atoms with van der Waals surface area (Å²) in [5, 5.41) is 12.4. The predicted octanol–water partition coefficient (Wildman–Crippen LogP) is 3.65. The maximum Gasteiger partial charge on any atom is 0.303 e. The normalized spacial score (nSPS) is 13.8. The highest BCUT2D eigenvalue weighted by Crippen LogP contribution is 2.23. The van der Waals surface area contributed by atoms with Crippen molar-refractivity contribution >= 4 is 23.5 Å². The van der Waals surface area contributed by atoms with Crippen molar-refractivity contribution in [1.82, 2.24) is 5.32 Å². The summed E-state index contributed by atoms with van der Waals surface area (Å²) < 4.78 is 0. The van der Waals surface area contributed by atoms with Gasteiger partial charge in [-0.05, 0) is 29.5 Å². The first kappa shape index (κ1) is 17.5. The second-order valence-electron chi connectivity index (χ2n) is 5.75. The van der Waals surface area contributed by atoms with Gasteiger partial charge in [-0.15, -0.1) is 0 Å². The van der Waals surface area contributed by atoms with E-state index < -0.39 is 5.97 Å². The molecule has 1 aromatic carbocycles. The monoisotopic (exact) mass is 311 g/mol. The molecule has 5 heteroatoms. The summed E-state index contributed by atoms with van der Waals surface area (Å²) in [5.41, 5.74) is 0.994. The van der Waals surface area contributed by atoms with Gasteiger partial charge in [0.05, 0.1) is 6.04 Å². The Hall–Kier alpha value is -1.55. The van der Waals surface area contributed by atoms with Crippen LogP contribution in [0.5, 0.6) is 0 Å². The Morgan fingerprint density at radius 2 is 1.71 bits per heavy atom. The molecule has 0 bridgehead atoms. The number of halogens is 1. The number of carbonyl (C=O) groups excluding carboxylic acids is 1. The zero-order chi connectivity index (χ0) is 16.0. The highest BCUT2D eigenvalue weighted by Gasteiger charge is 2.20. The number of hydrogen-bond acceptors (Lipinski definition) is 2. The summed E-state index contributed by atoms with van der Waals surface area (Å²) in [6, 6.07) is 7.28. The molecular formula is C16H22ClNO3. The average Bonchev–Trinajstić information content (AvgIpc) is 2.35. The molecule has 0 saturated heterocycles. The minimum Gasteiger partial charge on any atom is -0.481 e. The lowest BCUT2D eigenvalue weighted by Gasteiger charge is -2.23. The van der Waals surface area contributed by atoms with Gasteiger partial charge in [-0.1, -0.05) is 44.5 Å². The van der Waals surface area contributed by atoms with E-state index in [1.807, 2.05) is 26.0 Å². The van der Waals surface area contributed by atoms with E-state index in [1.54, 1.807) is 19.1 Å². The molecule has 1 aromatic rings. The second kappa shape index (κ2) is 8.03. The van der Waals surface area contributed by atoms with E-state index in [0.717, 1.165) is 5.56 Å². The summed E-state index contributed by atoms with van der Waals surface area (Å²) in [6.07, 6.45) is 0.212. The van der Waals surface area contributed by atoms with Gasteiger partial charge in [0.1, 0.15) is 0 Å². The van der Waals surface area contributed by atoms with E-state index in [-0.39, 0.29) is 36.6 Å². The number of nitrogens with one attached hydrogen (secondary N) is 1. The Kier molecular flexibility index (Phi) is 6.69. The van der Waals surface area contributed by atoms with Gasteiger partial charge in [-0.25, -0.2) is 0 Å². The molecule has 4 nitrogen and oxygen atoms in total. The van der Waals surface area contributed by atoms with Gasteiger partial charge in [0, 0.05) is 17.9 Å². The number of amides is 1. The van der Waals surface area contributed by atoms with Crippen molar-refractivity contribution in [3.05, 3.63) is 34.9 Å². The van der Waals surface area contributed by atoms with Crippen molar-refractivity contribution in [2.75, 3.05) is 0 Å². The van der Waals surface area contributed by atoms with Gasteiger partial charge in [0.15, 0.2) is 0 Å². The molecule has 116 valence electrons. The number of carboxylic acid groups (broad SMARTS) is 1. The minimum atomic E-state index is -0.881. The fourth-order valence-corrected chi connectivity index (χ4v) is 2.35. The summed E-state index contributed by atoms with van der Waals surface area (Å²) in [4.78, 5) is 22.7. The lowest BCUT2D eigenvalue weighted by Crippen LogP contribution is -2.32. The smallest absolute Gasteiger partial charge is 0.303 e. The number of aliphatic carboxylic acids is 1. The highest BCUT2D eigenvalue weighted by atomic mass is 35.5. The number of rotatable bonds is 7. The molecule has 0 aromatic heterocycles. The molecule has 0 aliphatic carbocycles. The number of benzene rings is 1. The van der Waals surface area contributed by atoms with Crippen LogP contribution in [0.15, 0.2) is 24.3 Å². The van der Waals surface area contributed by atoms with Crippen molar-refractivity contribution in [3.63, 3.8) is 0 Å². The van der Waals surface area contributed by atoms with E-state index in [0.29, 0.717) is 5.02 Å². The Morgan fingerprint density at radius 3 is 2.19 bits per heavy atom. The van der Waals surface area contributed by atoms with E-state index in [1.165, 1.54) is 0 Å². The van der Waals surface area contributed by atoms with Gasteiger partial charge >= 0.3 is 5.97 Å². The van der Waals surface area contributed by atoms with Crippen LogP contribution in [-0.2, 0) is 9.59 Å². The summed E-state index contributed by atoms with van der Waals surface area (Å²) in [5.74, 6) is -0.962. The van der Waals surface area contributed by atoms with Crippen LogP contribution in [0.2, 0.25) is 5.02 Å². The van der Waals surface area contributed by atoms with Crippen molar-refractivity contribution in [3.8, 4) is 0 Å². The number of carboxylic acids is 1. The molecule has 2 atom stereocenters. The van der Waals surface area contributed by atoms with Gasteiger partial charge in [-0.2, -0.15) is 0 Å². The zero-order valence-electron chi connectivity index (χ0n) is 12.6. The standard InChI is InChI=1S/C16H22ClNO3/c1-10(2)16(12-4-6-13(17)7-5-12)18-14(19)8-11(3)9-15(20)21/h4-7,10-11,16H,8-9H2,1-3H3,(H,18,19)(H,20,21). The van der Waals surface area contributed by atoms with Crippen LogP contribution in [0.25, 0.3) is 0 Å². The molecule has 1 rings (SSSR count). The van der Waals surface area contributed by atoms with E-state index in [9.17, 15) is 9.59 Å². The molecular weight excluding hydrogens is 290 g/mol. The maximum atomic E-state index is 12.1. The summed E-state index contributed by atoms with van der Waals surface area (Å²) >= 11 is 5.88. The molecule has 0 fully saturated rings. The Labute approximate surface area is 130 Å². The molecule has 0 radical (unpaired) electrons. The fourth-order valence-electron chi connectivity index (χ4n) is 2.22. The first-order valence-corrected chi connectivity index (χ1v) is 7.44. The molecule has 0 spiro atoms. The van der Waals surface area contributed by atoms with E-state index >= 15 is 0 Å². The molecule has 1 amide bonds. The molecule has 0 saturated carbocycles. The summed E-state index contributed by atoms with van der Waals surface area (Å²) in [6.45, 7) is 5.82. The number of carbonyl (C=O) groups is 2. The van der Waals surface area contributed by atoms with Crippen molar-refractivity contribution in [1.29, 1.82) is 0 Å². The van der Waals surface area contributed by atoms with Crippen LogP contribution in [0.1, 0.15) is 45.2 Å². The number of hydrogen-bond donors (Lipinski definition) is 2. The van der Waals surface area contributed by atoms with Gasteiger partial charge in [0.25, 0.3) is 0 Å². The molecule has 2 N–H and O–H groups in total. The summed E-state index contributed by atoms with van der Waals surface area (Å²) in [7, 11) is 0. The quantitative estimate of drug-likeness (QED) is 0.807. The lowest BCUT2D eigenvalue weighted by molar-refractivity contribution is -0.138. The van der Waals surface area contributed by atoms with Gasteiger partial charge in [-0.3, -0.25) is 9.59 Å². The minimum absolute atomic E-state index is 0.000705. The third-order valence-corrected chi connectivity index (χ3v) is 3.52. The topological polar surface area (TPSA) is 66.4 Å². The van der Waals surface area contributed by atoms with Gasteiger partial charge in [0.2, 0.25) is 5.91 Å². The Morgan fingerprint density at radius 1 is 1.14 bits per heavy atom. The molecule has 2 unspecified atom stereocenters. The molecule has 0 heterocycles. The zero-order valence-corrected chi connectivity index (χ0v) is 13.4. The molecule has 0 aliphatic heterocycles. The third kappa shape index (κ3) is 6.17. The largest absolute Gasteiger partial charge is 0.481 e. The van der Waals surface area contributed by atoms with Crippen LogP contribution < -0.4 is 5.32 Å². The maximum absolute atomic E-state index is 12.1. The second-order valence-corrected chi connectivity index (χ2v) is 6.18. The average molecular weight is 312 g/mol. The van der Waals surface area contributed by atoms with Gasteiger partial charge < -0.3 is 10.4 Å². The first-order valence-electron chi connectivity index (χ1n) is 7.06. The fraction of sp³-hybridized carbons (Fsp3) is 0.500. The van der Waals surface area contributed by atoms with Crippen molar-refractivity contribution < 1.29 is 14.7 Å². The first-order chi connectivity index (χ1) is 9.79. The SMILES string of the molecule is CC(CC(=O)O)CC(=O)NC(c1ccc(Cl)cc1)C(C)C. The van der Waals surface area contributed by atoms with Crippen LogP contribution in [-0.4, -0.2) is 17.0 Å². The highest BCUT2D eigenvalue weighted by molar-refractivity contribution is 6.30. The van der Waals surface area contributed by atoms with Crippen LogP contribution in [0.3, 0.4) is 0 Å². The van der Waals surface area contributed by atoms with Crippen LogP contribution >= 0.6 is 11.6 Å². The Bertz CT molecular complexity index is 485. The molecule has 21 heavy (non-hydrogen) atoms. The van der Waals surface area contributed by atoms with Crippen molar-refractivity contribution in [2.24, 2.45) is 11.8 Å². The van der Waals surface area contributed by atoms with E-state index in [2.05, 4.69) is 5.32 Å². The predicted molar refractivity (Wildman–Crippen MR) is 83.2 cm³/mol.